The molecule has 1 aliphatic rings. The van der Waals surface area contributed by atoms with E-state index in [4.69, 9.17) is 9.84 Å². The highest BCUT2D eigenvalue weighted by molar-refractivity contribution is 5.96. The van der Waals surface area contributed by atoms with Gasteiger partial charge in [-0.05, 0) is 62.6 Å². The molecule has 4 aromatic rings. The summed E-state index contributed by atoms with van der Waals surface area (Å²) in [4.78, 5) is 21.0. The largest absolute Gasteiger partial charge is 0.481 e. The summed E-state index contributed by atoms with van der Waals surface area (Å²) in [6.45, 7) is 3.85. The van der Waals surface area contributed by atoms with Gasteiger partial charge < -0.3 is 15.2 Å². The van der Waals surface area contributed by atoms with Gasteiger partial charge in [-0.15, -0.1) is 0 Å². The second kappa shape index (κ2) is 8.62. The molecule has 0 saturated heterocycles. The fraction of sp³-hybridized carbons (Fsp3) is 0.231. The highest BCUT2D eigenvalue weighted by atomic mass is 16.5. The smallest absolute Gasteiger partial charge is 0.337 e. The lowest BCUT2D eigenvalue weighted by Gasteiger charge is -2.16. The van der Waals surface area contributed by atoms with Crippen LogP contribution in [0.2, 0.25) is 0 Å². The molecule has 8 nitrogen and oxygen atoms in total. The molecule has 0 unspecified atom stereocenters. The van der Waals surface area contributed by atoms with Crippen LogP contribution in [0.15, 0.2) is 54.9 Å². The summed E-state index contributed by atoms with van der Waals surface area (Å²) in [5.74, 6) is 1.08. The second-order valence-corrected chi connectivity index (χ2v) is 8.48. The maximum atomic E-state index is 12.0. The predicted octanol–water partition coefficient (Wildman–Crippen LogP) is 5.27. The van der Waals surface area contributed by atoms with Gasteiger partial charge >= 0.3 is 5.97 Å². The van der Waals surface area contributed by atoms with Crippen LogP contribution in [-0.2, 0) is 0 Å². The Bertz CT molecular complexity index is 1390. The quantitative estimate of drug-likeness (QED) is 0.391. The molecule has 3 heterocycles. The summed E-state index contributed by atoms with van der Waals surface area (Å²) < 4.78 is 7.36. The van der Waals surface area contributed by atoms with Gasteiger partial charge in [-0.3, -0.25) is 0 Å². The third kappa shape index (κ3) is 3.87. The average molecular weight is 456 g/mol. The number of ether oxygens (including phenoxy) is 1. The number of hydrogen-bond acceptors (Lipinski definition) is 6. The fourth-order valence-corrected chi connectivity index (χ4v) is 4.13. The van der Waals surface area contributed by atoms with Crippen molar-refractivity contribution in [1.82, 2.24) is 19.7 Å². The van der Waals surface area contributed by atoms with Gasteiger partial charge in [0.1, 0.15) is 5.82 Å². The lowest BCUT2D eigenvalue weighted by molar-refractivity contribution is 0.0698. The topological polar surface area (TPSA) is 102 Å². The summed E-state index contributed by atoms with van der Waals surface area (Å²) in [6, 6.07) is 13.0. The summed E-state index contributed by atoms with van der Waals surface area (Å²) >= 11 is 0. The van der Waals surface area contributed by atoms with Crippen molar-refractivity contribution in [3.8, 4) is 22.8 Å². The van der Waals surface area contributed by atoms with Crippen LogP contribution in [0, 0.1) is 13.8 Å². The zero-order chi connectivity index (χ0) is 23.8. The molecule has 1 aromatic carbocycles. The number of methoxy groups -OCH3 is 1. The van der Waals surface area contributed by atoms with Crippen LogP contribution in [-0.4, -0.2) is 37.9 Å². The first-order chi connectivity index (χ1) is 16.5. The highest BCUT2D eigenvalue weighted by Crippen LogP contribution is 2.49. The summed E-state index contributed by atoms with van der Waals surface area (Å²) in [5, 5.41) is 18.3. The number of carboxylic acids is 1. The number of nitrogens with zero attached hydrogens (tertiary/aromatic N) is 4. The van der Waals surface area contributed by atoms with E-state index in [1.165, 1.54) is 0 Å². The van der Waals surface area contributed by atoms with Crippen molar-refractivity contribution < 1.29 is 14.6 Å². The lowest BCUT2D eigenvalue weighted by Crippen LogP contribution is -2.09. The normalized spacial score (nSPS) is 13.0. The number of carbonyl (C=O) groups is 1. The van der Waals surface area contributed by atoms with Crippen LogP contribution in [0.5, 0.6) is 5.88 Å². The number of anilines is 2. The van der Waals surface area contributed by atoms with Gasteiger partial charge in [0.2, 0.25) is 5.88 Å². The third-order valence-corrected chi connectivity index (χ3v) is 5.95. The molecule has 0 aliphatic heterocycles. The Kier molecular flexibility index (Phi) is 5.49. The van der Waals surface area contributed by atoms with E-state index in [0.29, 0.717) is 29.1 Å². The Labute approximate surface area is 197 Å². The third-order valence-electron chi connectivity index (χ3n) is 5.95. The van der Waals surface area contributed by atoms with Crippen molar-refractivity contribution in [3.05, 3.63) is 77.2 Å². The van der Waals surface area contributed by atoms with Crippen molar-refractivity contribution in [2.45, 2.75) is 32.6 Å². The lowest BCUT2D eigenvalue weighted by atomic mass is 10.0. The van der Waals surface area contributed by atoms with Crippen LogP contribution < -0.4 is 10.1 Å². The highest BCUT2D eigenvalue weighted by Gasteiger charge is 2.34. The molecule has 8 heteroatoms. The number of aryl methyl sites for hydroxylation is 2. The van der Waals surface area contributed by atoms with E-state index in [0.717, 1.165) is 40.8 Å². The van der Waals surface area contributed by atoms with Gasteiger partial charge in [-0.25, -0.2) is 14.8 Å². The van der Waals surface area contributed by atoms with Gasteiger partial charge in [0, 0.05) is 23.9 Å². The summed E-state index contributed by atoms with van der Waals surface area (Å²) in [6.07, 6.45) is 5.49. The minimum atomic E-state index is -1.01. The van der Waals surface area contributed by atoms with E-state index >= 15 is 0 Å². The van der Waals surface area contributed by atoms with Crippen molar-refractivity contribution >= 4 is 17.5 Å². The van der Waals surface area contributed by atoms with E-state index < -0.39 is 5.97 Å². The predicted molar refractivity (Wildman–Crippen MR) is 129 cm³/mol. The van der Waals surface area contributed by atoms with E-state index in [-0.39, 0.29) is 5.56 Å². The van der Waals surface area contributed by atoms with Crippen LogP contribution in [0.25, 0.3) is 16.9 Å². The first-order valence-electron chi connectivity index (χ1n) is 11.1. The maximum absolute atomic E-state index is 12.0. The molecule has 34 heavy (non-hydrogen) atoms. The molecule has 1 saturated carbocycles. The van der Waals surface area contributed by atoms with Crippen LogP contribution in [0.1, 0.15) is 45.9 Å². The number of aromatic nitrogens is 4. The van der Waals surface area contributed by atoms with Crippen molar-refractivity contribution in [3.63, 3.8) is 0 Å². The Hall–Kier alpha value is -4.20. The van der Waals surface area contributed by atoms with E-state index in [1.54, 1.807) is 36.3 Å². The molecular weight excluding hydrogens is 430 g/mol. The molecule has 0 atom stereocenters. The SMILES string of the molecule is COc1ncccc1-c1c(C2CC2)nn(-c2ncccc2C)c1Nc1ccc(C)cc1C(=O)O. The number of carboxylic acid groups (broad SMARTS) is 1. The van der Waals surface area contributed by atoms with E-state index in [1.807, 2.05) is 44.2 Å². The van der Waals surface area contributed by atoms with Gasteiger partial charge in [0.15, 0.2) is 5.82 Å². The molecular formula is C26H25N5O3. The molecule has 172 valence electrons. The monoisotopic (exact) mass is 455 g/mol. The second-order valence-electron chi connectivity index (χ2n) is 8.48. The van der Waals surface area contributed by atoms with Gasteiger partial charge in [0.25, 0.3) is 0 Å². The number of aromatic carboxylic acids is 1. The van der Waals surface area contributed by atoms with E-state index in [2.05, 4.69) is 15.3 Å². The van der Waals surface area contributed by atoms with E-state index in [9.17, 15) is 9.90 Å². The van der Waals surface area contributed by atoms with Gasteiger partial charge in [-0.1, -0.05) is 17.7 Å². The van der Waals surface area contributed by atoms with Crippen molar-refractivity contribution in [2.75, 3.05) is 12.4 Å². The zero-order valence-corrected chi connectivity index (χ0v) is 19.2. The number of pyridine rings is 2. The molecule has 0 spiro atoms. The molecule has 0 bridgehead atoms. The maximum Gasteiger partial charge on any atom is 0.337 e. The molecule has 5 rings (SSSR count). The number of nitrogens with one attached hydrogen (secondary N) is 1. The first kappa shape index (κ1) is 21.6. The van der Waals surface area contributed by atoms with Crippen LogP contribution in [0.3, 0.4) is 0 Å². The Balaban J connectivity index is 1.80. The molecule has 1 aliphatic carbocycles. The Morgan fingerprint density at radius 1 is 1.12 bits per heavy atom. The van der Waals surface area contributed by atoms with Crippen LogP contribution in [0.4, 0.5) is 11.5 Å². The molecule has 0 radical (unpaired) electrons. The Morgan fingerprint density at radius 3 is 2.59 bits per heavy atom. The molecule has 3 aromatic heterocycles. The van der Waals surface area contributed by atoms with Crippen molar-refractivity contribution in [2.24, 2.45) is 0 Å². The molecule has 0 amide bonds. The number of benzene rings is 1. The Morgan fingerprint density at radius 2 is 1.88 bits per heavy atom. The number of rotatable bonds is 7. The average Bonchev–Trinajstić information content (AvgIpc) is 3.62. The van der Waals surface area contributed by atoms with Gasteiger partial charge in [0.05, 0.1) is 29.6 Å². The summed E-state index contributed by atoms with van der Waals surface area (Å²) in [7, 11) is 1.59. The molecule has 1 fully saturated rings. The first-order valence-corrected chi connectivity index (χ1v) is 11.1. The zero-order valence-electron chi connectivity index (χ0n) is 19.2. The molecule has 2 N–H and O–H groups in total. The van der Waals surface area contributed by atoms with Gasteiger partial charge in [-0.2, -0.15) is 9.78 Å². The standard InChI is InChI=1S/C26H25N5O3/c1-15-8-11-20(19(14-15)26(32)33)29-24-21(18-7-5-13-28-25(18)34-3)22(17-9-10-17)30-31(24)23-16(2)6-4-12-27-23/h4-8,11-14,17,29H,9-10H2,1-3H3,(H,32,33). The number of hydrogen-bond donors (Lipinski definition) is 2. The summed E-state index contributed by atoms with van der Waals surface area (Å²) in [5.41, 5.74) is 5.02. The van der Waals surface area contributed by atoms with Crippen LogP contribution >= 0.6 is 0 Å². The fourth-order valence-electron chi connectivity index (χ4n) is 4.13. The van der Waals surface area contributed by atoms with Crippen molar-refractivity contribution in [1.29, 1.82) is 0 Å². The minimum absolute atomic E-state index is 0.183. The minimum Gasteiger partial charge on any atom is -0.481 e.